The predicted octanol–water partition coefficient (Wildman–Crippen LogP) is 5.42. The summed E-state index contributed by atoms with van der Waals surface area (Å²) in [4.78, 5) is 11.3. The molecule has 0 atom stereocenters. The van der Waals surface area contributed by atoms with Crippen LogP contribution in [-0.4, -0.2) is 12.6 Å². The molecule has 0 aliphatic carbocycles. The molecule has 0 N–H and O–H groups in total. The van der Waals surface area contributed by atoms with E-state index in [2.05, 4.69) is 13.5 Å². The molecule has 0 saturated carbocycles. The Hall–Kier alpha value is -0.790. The quantitative estimate of drug-likeness (QED) is 0.253. The number of rotatable bonds is 13. The first-order valence-corrected chi connectivity index (χ1v) is 8.07. The summed E-state index contributed by atoms with van der Waals surface area (Å²) in [6, 6.07) is 0. The zero-order valence-electron chi connectivity index (χ0n) is 13.0. The fraction of sp³-hybridized carbons (Fsp3) is 0.824. The minimum atomic E-state index is -0.224. The fourth-order valence-corrected chi connectivity index (χ4v) is 2.00. The van der Waals surface area contributed by atoms with Gasteiger partial charge in [0.2, 0.25) is 0 Å². The van der Waals surface area contributed by atoms with E-state index in [0.717, 1.165) is 6.42 Å². The largest absolute Gasteiger partial charge is 0.462 e. The van der Waals surface area contributed by atoms with Gasteiger partial charge in [-0.15, -0.1) is 0 Å². The number of hydrogen-bond donors (Lipinski definition) is 0. The standard InChI is InChI=1S/C17H32O2/c1-4-6-7-8-9-10-11-12-13-14-15-19-17(18)16(3)5-2/h3-15H2,1-2H3. The molecule has 0 aromatic carbocycles. The number of hydrogen-bond acceptors (Lipinski definition) is 2. The maximum absolute atomic E-state index is 11.3. The first-order chi connectivity index (χ1) is 9.22. The van der Waals surface area contributed by atoms with Crippen LogP contribution in [-0.2, 0) is 9.53 Å². The molecular formula is C17H32O2. The molecule has 2 heteroatoms. The first kappa shape index (κ1) is 18.2. The van der Waals surface area contributed by atoms with E-state index in [1.54, 1.807) is 0 Å². The maximum Gasteiger partial charge on any atom is 0.333 e. The topological polar surface area (TPSA) is 26.3 Å². The van der Waals surface area contributed by atoms with Crippen LogP contribution < -0.4 is 0 Å². The van der Waals surface area contributed by atoms with Crippen LogP contribution in [0.4, 0.5) is 0 Å². The van der Waals surface area contributed by atoms with E-state index in [9.17, 15) is 4.79 Å². The number of esters is 1. The van der Waals surface area contributed by atoms with Gasteiger partial charge in [-0.1, -0.05) is 78.2 Å². The summed E-state index contributed by atoms with van der Waals surface area (Å²) in [7, 11) is 0. The van der Waals surface area contributed by atoms with Gasteiger partial charge in [0.05, 0.1) is 6.61 Å². The summed E-state index contributed by atoms with van der Waals surface area (Å²) in [5.41, 5.74) is 0.576. The van der Waals surface area contributed by atoms with Crippen molar-refractivity contribution in [2.75, 3.05) is 6.61 Å². The van der Waals surface area contributed by atoms with Crippen LogP contribution in [0.15, 0.2) is 12.2 Å². The molecule has 0 aromatic rings. The zero-order valence-corrected chi connectivity index (χ0v) is 13.0. The van der Waals surface area contributed by atoms with Gasteiger partial charge in [-0.05, 0) is 12.8 Å². The molecule has 0 heterocycles. The highest BCUT2D eigenvalue weighted by atomic mass is 16.5. The second-order valence-corrected chi connectivity index (χ2v) is 5.28. The zero-order chi connectivity index (χ0) is 14.3. The minimum Gasteiger partial charge on any atom is -0.462 e. The molecule has 0 radical (unpaired) electrons. The molecule has 2 nitrogen and oxygen atoms in total. The van der Waals surface area contributed by atoms with E-state index in [4.69, 9.17) is 4.74 Å². The monoisotopic (exact) mass is 268 g/mol. The molecule has 0 aliphatic rings. The Morgan fingerprint density at radius 1 is 0.842 bits per heavy atom. The molecule has 0 saturated heterocycles. The molecule has 0 aliphatic heterocycles. The molecule has 0 bridgehead atoms. The van der Waals surface area contributed by atoms with Crippen LogP contribution in [0.1, 0.15) is 84.5 Å². The summed E-state index contributed by atoms with van der Waals surface area (Å²) in [5.74, 6) is -0.224. The van der Waals surface area contributed by atoms with Crippen LogP contribution in [0.2, 0.25) is 0 Å². The average molecular weight is 268 g/mol. The molecule has 0 amide bonds. The minimum absolute atomic E-state index is 0.224. The van der Waals surface area contributed by atoms with Crippen molar-refractivity contribution in [3.8, 4) is 0 Å². The third kappa shape index (κ3) is 12.0. The van der Waals surface area contributed by atoms with Crippen molar-refractivity contribution in [3.05, 3.63) is 12.2 Å². The second kappa shape index (κ2) is 13.6. The Morgan fingerprint density at radius 2 is 1.32 bits per heavy atom. The van der Waals surface area contributed by atoms with E-state index < -0.39 is 0 Å². The summed E-state index contributed by atoms with van der Waals surface area (Å²) >= 11 is 0. The molecule has 0 rings (SSSR count). The summed E-state index contributed by atoms with van der Waals surface area (Å²) in [6.07, 6.45) is 13.6. The normalized spacial score (nSPS) is 10.4. The smallest absolute Gasteiger partial charge is 0.333 e. The third-order valence-electron chi connectivity index (χ3n) is 3.45. The van der Waals surface area contributed by atoms with E-state index in [1.807, 2.05) is 6.92 Å². The van der Waals surface area contributed by atoms with E-state index >= 15 is 0 Å². The number of ether oxygens (including phenoxy) is 1. The Balaban J connectivity index is 3.15. The SMILES string of the molecule is C=C(CC)C(=O)OCCCCCCCCCCCC. The van der Waals surface area contributed by atoms with Gasteiger partial charge in [0, 0.05) is 5.57 Å². The Morgan fingerprint density at radius 3 is 1.79 bits per heavy atom. The fourth-order valence-electron chi connectivity index (χ4n) is 2.00. The highest BCUT2D eigenvalue weighted by Crippen LogP contribution is 2.10. The number of carbonyl (C=O) groups excluding carboxylic acids is 1. The average Bonchev–Trinajstić information content (AvgIpc) is 2.43. The maximum atomic E-state index is 11.3. The lowest BCUT2D eigenvalue weighted by molar-refractivity contribution is -0.139. The van der Waals surface area contributed by atoms with Gasteiger partial charge in [-0.3, -0.25) is 0 Å². The summed E-state index contributed by atoms with van der Waals surface area (Å²) < 4.78 is 5.13. The highest BCUT2D eigenvalue weighted by molar-refractivity contribution is 5.87. The molecule has 112 valence electrons. The van der Waals surface area contributed by atoms with Gasteiger partial charge in [0.1, 0.15) is 0 Å². The van der Waals surface area contributed by atoms with Gasteiger partial charge in [-0.25, -0.2) is 4.79 Å². The molecule has 19 heavy (non-hydrogen) atoms. The Labute approximate surface area is 119 Å². The predicted molar refractivity (Wildman–Crippen MR) is 82.2 cm³/mol. The molecule has 0 aromatic heterocycles. The van der Waals surface area contributed by atoms with Gasteiger partial charge < -0.3 is 4.74 Å². The lowest BCUT2D eigenvalue weighted by atomic mass is 10.1. The summed E-state index contributed by atoms with van der Waals surface area (Å²) in [5, 5.41) is 0. The van der Waals surface area contributed by atoms with Crippen molar-refractivity contribution in [1.82, 2.24) is 0 Å². The van der Waals surface area contributed by atoms with Crippen LogP contribution in [0.3, 0.4) is 0 Å². The van der Waals surface area contributed by atoms with Crippen LogP contribution >= 0.6 is 0 Å². The lowest BCUT2D eigenvalue weighted by Gasteiger charge is -2.05. The van der Waals surface area contributed by atoms with E-state index in [-0.39, 0.29) is 5.97 Å². The third-order valence-corrected chi connectivity index (χ3v) is 3.45. The van der Waals surface area contributed by atoms with Gasteiger partial charge in [0.25, 0.3) is 0 Å². The van der Waals surface area contributed by atoms with Crippen LogP contribution in [0, 0.1) is 0 Å². The molecule has 0 fully saturated rings. The van der Waals surface area contributed by atoms with E-state index in [0.29, 0.717) is 18.6 Å². The molecular weight excluding hydrogens is 236 g/mol. The van der Waals surface area contributed by atoms with Crippen LogP contribution in [0.25, 0.3) is 0 Å². The second-order valence-electron chi connectivity index (χ2n) is 5.28. The van der Waals surface area contributed by atoms with Crippen molar-refractivity contribution in [2.24, 2.45) is 0 Å². The Bertz CT molecular complexity index is 233. The van der Waals surface area contributed by atoms with Crippen molar-refractivity contribution in [3.63, 3.8) is 0 Å². The van der Waals surface area contributed by atoms with Gasteiger partial charge >= 0.3 is 5.97 Å². The molecule has 0 spiro atoms. The van der Waals surface area contributed by atoms with Crippen molar-refractivity contribution >= 4 is 5.97 Å². The van der Waals surface area contributed by atoms with Crippen molar-refractivity contribution in [2.45, 2.75) is 84.5 Å². The van der Waals surface area contributed by atoms with Gasteiger partial charge in [0.15, 0.2) is 0 Å². The number of unbranched alkanes of at least 4 members (excludes halogenated alkanes) is 9. The van der Waals surface area contributed by atoms with Crippen LogP contribution in [0.5, 0.6) is 0 Å². The highest BCUT2D eigenvalue weighted by Gasteiger charge is 2.04. The molecule has 0 unspecified atom stereocenters. The van der Waals surface area contributed by atoms with E-state index in [1.165, 1.54) is 57.8 Å². The first-order valence-electron chi connectivity index (χ1n) is 8.07. The van der Waals surface area contributed by atoms with Crippen molar-refractivity contribution in [1.29, 1.82) is 0 Å². The number of carbonyl (C=O) groups is 1. The lowest BCUT2D eigenvalue weighted by Crippen LogP contribution is -2.07. The van der Waals surface area contributed by atoms with Crippen molar-refractivity contribution < 1.29 is 9.53 Å². The van der Waals surface area contributed by atoms with Gasteiger partial charge in [-0.2, -0.15) is 0 Å². The summed E-state index contributed by atoms with van der Waals surface area (Å²) in [6.45, 7) is 8.39. The Kier molecular flexibility index (Phi) is 13.1.